The highest BCUT2D eigenvalue weighted by molar-refractivity contribution is 5.79. The lowest BCUT2D eigenvalue weighted by Crippen LogP contribution is -2.45. The molecule has 0 spiro atoms. The van der Waals surface area contributed by atoms with Crippen LogP contribution in [-0.4, -0.2) is 53.2 Å². The van der Waals surface area contributed by atoms with E-state index in [2.05, 4.69) is 5.92 Å². The van der Waals surface area contributed by atoms with Crippen LogP contribution in [-0.2, 0) is 14.4 Å². The molecule has 0 amide bonds. The zero-order valence-electron chi connectivity index (χ0n) is 14.9. The van der Waals surface area contributed by atoms with Gasteiger partial charge in [0.1, 0.15) is 6.61 Å². The summed E-state index contributed by atoms with van der Waals surface area (Å²) in [4.78, 5) is 28.2. The molecule has 0 bridgehead atoms. The molecule has 7 heteroatoms. The Labute approximate surface area is 162 Å². The Morgan fingerprint density at radius 2 is 1.68 bits per heavy atom. The third-order valence-electron chi connectivity index (χ3n) is 4.57. The van der Waals surface area contributed by atoms with Gasteiger partial charge in [-0.1, -0.05) is 54.5 Å². The lowest BCUT2D eigenvalue weighted by atomic mass is 9.98. The molecule has 0 fully saturated rings. The molecule has 3 rings (SSSR count). The summed E-state index contributed by atoms with van der Waals surface area (Å²) >= 11 is 0. The second kappa shape index (κ2) is 8.57. The van der Waals surface area contributed by atoms with Crippen molar-refractivity contribution in [2.24, 2.45) is 0 Å². The third kappa shape index (κ3) is 3.83. The first-order valence-corrected chi connectivity index (χ1v) is 8.63. The van der Waals surface area contributed by atoms with E-state index in [4.69, 9.17) is 21.1 Å². The van der Waals surface area contributed by atoms with Crippen molar-refractivity contribution >= 4 is 12.1 Å². The quantitative estimate of drug-likeness (QED) is 0.431. The number of aliphatic carboxylic acids is 1. The summed E-state index contributed by atoms with van der Waals surface area (Å²) in [6.45, 7) is -1.05. The fourth-order valence-electron chi connectivity index (χ4n) is 3.30. The average molecular weight is 381 g/mol. The van der Waals surface area contributed by atoms with Crippen LogP contribution in [0.5, 0.6) is 0 Å². The number of benzene rings is 2. The zero-order chi connectivity index (χ0) is 20.1. The standard InChI is InChI=1S/C21H19NO6/c1-2-11-22(19(12-23)20(24)25)28-21(26)27-13-18-16-9-5-3-7-14(16)15-8-4-6-10-17(15)18/h1,3-10,18-19,23H,11-13H2,(H,24,25)/t19-/m0/s1. The summed E-state index contributed by atoms with van der Waals surface area (Å²) in [5.41, 5.74) is 4.24. The third-order valence-corrected chi connectivity index (χ3v) is 4.57. The molecule has 0 saturated carbocycles. The highest BCUT2D eigenvalue weighted by atomic mass is 16.8. The summed E-state index contributed by atoms with van der Waals surface area (Å²) < 4.78 is 5.24. The van der Waals surface area contributed by atoms with Crippen LogP contribution >= 0.6 is 0 Å². The largest absolute Gasteiger partial charge is 0.528 e. The van der Waals surface area contributed by atoms with E-state index >= 15 is 0 Å². The van der Waals surface area contributed by atoms with Gasteiger partial charge in [-0.3, -0.25) is 4.79 Å². The first-order chi connectivity index (χ1) is 13.6. The molecule has 2 aromatic carbocycles. The highest BCUT2D eigenvalue weighted by Gasteiger charge is 2.31. The number of carboxylic acid groups (broad SMARTS) is 1. The number of aliphatic hydroxyl groups excluding tert-OH is 1. The minimum Gasteiger partial charge on any atom is -0.480 e. The molecule has 0 saturated heterocycles. The molecule has 144 valence electrons. The van der Waals surface area contributed by atoms with Gasteiger partial charge in [-0.15, -0.1) is 11.5 Å². The van der Waals surface area contributed by atoms with Crippen molar-refractivity contribution in [3.63, 3.8) is 0 Å². The number of terminal acetylenes is 1. The molecule has 28 heavy (non-hydrogen) atoms. The van der Waals surface area contributed by atoms with Gasteiger partial charge in [-0.05, 0) is 22.3 Å². The number of fused-ring (bicyclic) bond motifs is 3. The number of aliphatic hydroxyl groups is 1. The predicted molar refractivity (Wildman–Crippen MR) is 100 cm³/mol. The number of nitrogens with zero attached hydrogens (tertiary/aromatic N) is 1. The van der Waals surface area contributed by atoms with E-state index in [9.17, 15) is 14.7 Å². The Kier molecular flexibility index (Phi) is 5.94. The summed E-state index contributed by atoms with van der Waals surface area (Å²) in [5.74, 6) is 0.655. The summed E-state index contributed by atoms with van der Waals surface area (Å²) in [6.07, 6.45) is 4.09. The average Bonchev–Trinajstić information content (AvgIpc) is 3.01. The molecule has 0 heterocycles. The fourth-order valence-corrected chi connectivity index (χ4v) is 3.30. The number of hydrogen-bond donors (Lipinski definition) is 2. The van der Waals surface area contributed by atoms with Crippen LogP contribution in [0, 0.1) is 12.3 Å². The van der Waals surface area contributed by atoms with Crippen LogP contribution < -0.4 is 0 Å². The first kappa shape index (κ1) is 19.4. The zero-order valence-corrected chi connectivity index (χ0v) is 14.9. The van der Waals surface area contributed by atoms with E-state index in [1.54, 1.807) is 0 Å². The van der Waals surface area contributed by atoms with E-state index in [0.717, 1.165) is 22.3 Å². The summed E-state index contributed by atoms with van der Waals surface area (Å²) in [6, 6.07) is 14.2. The summed E-state index contributed by atoms with van der Waals surface area (Å²) in [7, 11) is 0. The van der Waals surface area contributed by atoms with Crippen molar-refractivity contribution < 1.29 is 29.4 Å². The van der Waals surface area contributed by atoms with Crippen LogP contribution in [0.1, 0.15) is 17.0 Å². The van der Waals surface area contributed by atoms with Gasteiger partial charge in [0.25, 0.3) is 0 Å². The molecular formula is C21H19NO6. The molecule has 1 aliphatic carbocycles. The van der Waals surface area contributed by atoms with Crippen LogP contribution in [0.3, 0.4) is 0 Å². The maximum atomic E-state index is 12.1. The van der Waals surface area contributed by atoms with Crippen LogP contribution in [0.15, 0.2) is 48.5 Å². The van der Waals surface area contributed by atoms with Crippen molar-refractivity contribution in [1.29, 1.82) is 0 Å². The van der Waals surface area contributed by atoms with Crippen molar-refractivity contribution in [2.75, 3.05) is 19.8 Å². The molecule has 2 N–H and O–H groups in total. The fraction of sp³-hybridized carbons (Fsp3) is 0.238. The minimum absolute atomic E-state index is 0.0214. The number of carboxylic acids is 1. The maximum Gasteiger partial charge on any atom is 0.528 e. The molecule has 1 atom stereocenters. The number of hydroxylamine groups is 2. The number of carbonyl (C=O) groups excluding carboxylic acids is 1. The van der Waals surface area contributed by atoms with Gasteiger partial charge < -0.3 is 19.8 Å². The van der Waals surface area contributed by atoms with Crippen LogP contribution in [0.25, 0.3) is 11.1 Å². The Hall–Kier alpha value is -3.34. The maximum absolute atomic E-state index is 12.1. The smallest absolute Gasteiger partial charge is 0.480 e. The van der Waals surface area contributed by atoms with Gasteiger partial charge in [0.2, 0.25) is 0 Å². The van der Waals surface area contributed by atoms with Gasteiger partial charge in [-0.2, -0.15) is 0 Å². The van der Waals surface area contributed by atoms with E-state index in [1.165, 1.54) is 0 Å². The lowest BCUT2D eigenvalue weighted by molar-refractivity contribution is -0.179. The minimum atomic E-state index is -1.48. The SMILES string of the molecule is C#CCN(OC(=O)OCC1c2ccccc2-c2ccccc21)[C@@H](CO)C(=O)O. The Balaban J connectivity index is 1.71. The van der Waals surface area contributed by atoms with E-state index in [0.29, 0.717) is 5.06 Å². The number of rotatable bonds is 7. The molecular weight excluding hydrogens is 362 g/mol. The van der Waals surface area contributed by atoms with Crippen LogP contribution in [0.4, 0.5) is 4.79 Å². The molecule has 0 aliphatic heterocycles. The van der Waals surface area contributed by atoms with E-state index in [-0.39, 0.29) is 19.1 Å². The number of ether oxygens (including phenoxy) is 1. The topological polar surface area (TPSA) is 96.3 Å². The van der Waals surface area contributed by atoms with Gasteiger partial charge in [0.05, 0.1) is 13.2 Å². The number of carbonyl (C=O) groups is 2. The second-order valence-corrected chi connectivity index (χ2v) is 6.20. The monoisotopic (exact) mass is 381 g/mol. The van der Waals surface area contributed by atoms with Crippen molar-refractivity contribution in [3.8, 4) is 23.5 Å². The van der Waals surface area contributed by atoms with Crippen LogP contribution in [0.2, 0.25) is 0 Å². The number of hydrogen-bond acceptors (Lipinski definition) is 6. The van der Waals surface area contributed by atoms with Gasteiger partial charge in [0, 0.05) is 5.92 Å². The molecule has 0 radical (unpaired) electrons. The normalized spacial score (nSPS) is 13.3. The Bertz CT molecular complexity index is 874. The summed E-state index contributed by atoms with van der Waals surface area (Å²) in [5, 5.41) is 19.0. The van der Waals surface area contributed by atoms with E-state index < -0.39 is 24.8 Å². The molecule has 2 aromatic rings. The van der Waals surface area contributed by atoms with E-state index in [1.807, 2.05) is 48.5 Å². The highest BCUT2D eigenvalue weighted by Crippen LogP contribution is 2.44. The van der Waals surface area contributed by atoms with Gasteiger partial charge >= 0.3 is 12.1 Å². The van der Waals surface area contributed by atoms with Gasteiger partial charge in [-0.25, -0.2) is 4.79 Å². The lowest BCUT2D eigenvalue weighted by Gasteiger charge is -2.23. The second-order valence-electron chi connectivity index (χ2n) is 6.20. The molecule has 7 nitrogen and oxygen atoms in total. The predicted octanol–water partition coefficient (Wildman–Crippen LogP) is 2.25. The first-order valence-electron chi connectivity index (χ1n) is 8.63. The Morgan fingerprint density at radius 3 is 2.18 bits per heavy atom. The Morgan fingerprint density at radius 1 is 1.11 bits per heavy atom. The molecule has 1 aliphatic rings. The van der Waals surface area contributed by atoms with Gasteiger partial charge in [0.15, 0.2) is 6.04 Å². The van der Waals surface area contributed by atoms with Crippen molar-refractivity contribution in [1.82, 2.24) is 5.06 Å². The molecule has 0 aromatic heterocycles. The van der Waals surface area contributed by atoms with Crippen molar-refractivity contribution in [3.05, 3.63) is 59.7 Å². The van der Waals surface area contributed by atoms with Crippen molar-refractivity contribution in [2.45, 2.75) is 12.0 Å². The molecule has 0 unspecified atom stereocenters.